The van der Waals surface area contributed by atoms with E-state index in [9.17, 15) is 9.59 Å². The largest absolute Gasteiger partial charge is 0.480 e. The van der Waals surface area contributed by atoms with Gasteiger partial charge in [0.2, 0.25) is 5.91 Å². The Morgan fingerprint density at radius 1 is 1.38 bits per heavy atom. The molecule has 0 aromatic heterocycles. The van der Waals surface area contributed by atoms with Crippen LogP contribution in [0.4, 0.5) is 0 Å². The van der Waals surface area contributed by atoms with Crippen LogP contribution in [0.15, 0.2) is 0 Å². The molecule has 0 aromatic rings. The number of nitrogens with one attached hydrogen (secondary N) is 1. The van der Waals surface area contributed by atoms with Crippen LogP contribution in [0.3, 0.4) is 0 Å². The third kappa shape index (κ3) is 5.70. The van der Waals surface area contributed by atoms with Crippen LogP contribution in [0.25, 0.3) is 0 Å². The van der Waals surface area contributed by atoms with Gasteiger partial charge in [0.15, 0.2) is 0 Å². The van der Waals surface area contributed by atoms with Crippen LogP contribution in [0.1, 0.15) is 39.5 Å². The summed E-state index contributed by atoms with van der Waals surface area (Å²) >= 11 is 0. The van der Waals surface area contributed by atoms with Crippen molar-refractivity contribution in [1.29, 1.82) is 0 Å². The maximum Gasteiger partial charge on any atom is 0.326 e. The Labute approximate surface area is 96.4 Å². The molecular weight excluding hydrogens is 208 g/mol. The van der Waals surface area contributed by atoms with Crippen molar-refractivity contribution >= 4 is 11.9 Å². The van der Waals surface area contributed by atoms with Crippen molar-refractivity contribution in [2.24, 2.45) is 11.7 Å². The van der Waals surface area contributed by atoms with E-state index in [1.54, 1.807) is 0 Å². The summed E-state index contributed by atoms with van der Waals surface area (Å²) in [6, 6.07) is -0.771. The predicted molar refractivity (Wildman–Crippen MR) is 61.9 cm³/mol. The topological polar surface area (TPSA) is 92.4 Å². The van der Waals surface area contributed by atoms with Crippen LogP contribution >= 0.6 is 0 Å². The van der Waals surface area contributed by atoms with E-state index in [2.05, 4.69) is 5.32 Å². The lowest BCUT2D eigenvalue weighted by Crippen LogP contribution is -2.41. The SMILES string of the molecule is CCCC(NC(=O)CC(CC)CN)C(=O)O. The number of carbonyl (C=O) groups is 2. The summed E-state index contributed by atoms with van der Waals surface area (Å²) in [5.74, 6) is -1.06. The average Bonchev–Trinajstić information content (AvgIpc) is 2.25. The van der Waals surface area contributed by atoms with Gasteiger partial charge in [0.1, 0.15) is 6.04 Å². The van der Waals surface area contributed by atoms with E-state index >= 15 is 0 Å². The standard InChI is InChI=1S/C11H22N2O3/c1-3-5-9(11(15)16)13-10(14)6-8(4-2)7-12/h8-9H,3-7,12H2,1-2H3,(H,13,14)(H,15,16). The molecule has 0 saturated carbocycles. The van der Waals surface area contributed by atoms with Crippen molar-refractivity contribution in [2.75, 3.05) is 6.54 Å². The first-order chi connectivity index (χ1) is 7.54. The molecule has 94 valence electrons. The maximum atomic E-state index is 11.5. The van der Waals surface area contributed by atoms with Crippen LogP contribution < -0.4 is 11.1 Å². The lowest BCUT2D eigenvalue weighted by molar-refractivity contribution is -0.142. The average molecular weight is 230 g/mol. The Bertz CT molecular complexity index is 227. The Balaban J connectivity index is 4.13. The third-order valence-corrected chi connectivity index (χ3v) is 2.60. The number of aliphatic carboxylic acids is 1. The van der Waals surface area contributed by atoms with Gasteiger partial charge in [-0.2, -0.15) is 0 Å². The number of carboxylic acid groups (broad SMARTS) is 1. The van der Waals surface area contributed by atoms with Crippen LogP contribution in [0.2, 0.25) is 0 Å². The van der Waals surface area contributed by atoms with E-state index in [-0.39, 0.29) is 11.8 Å². The highest BCUT2D eigenvalue weighted by Gasteiger charge is 2.20. The van der Waals surface area contributed by atoms with Crippen LogP contribution in [-0.4, -0.2) is 29.6 Å². The second-order valence-electron chi connectivity index (χ2n) is 3.96. The van der Waals surface area contributed by atoms with Crippen LogP contribution in [0, 0.1) is 5.92 Å². The normalized spacial score (nSPS) is 14.2. The molecule has 0 radical (unpaired) electrons. The Hall–Kier alpha value is -1.10. The molecule has 0 spiro atoms. The smallest absolute Gasteiger partial charge is 0.326 e. The molecule has 0 aliphatic rings. The summed E-state index contributed by atoms with van der Waals surface area (Å²) in [4.78, 5) is 22.3. The zero-order valence-corrected chi connectivity index (χ0v) is 10.0. The Morgan fingerprint density at radius 2 is 2.00 bits per heavy atom. The first-order valence-corrected chi connectivity index (χ1v) is 5.77. The highest BCUT2D eigenvalue weighted by molar-refractivity contribution is 5.83. The minimum atomic E-state index is -0.976. The fourth-order valence-electron chi connectivity index (χ4n) is 1.46. The van der Waals surface area contributed by atoms with Gasteiger partial charge in [-0.1, -0.05) is 26.7 Å². The van der Waals surface area contributed by atoms with E-state index in [1.165, 1.54) is 0 Å². The summed E-state index contributed by atoms with van der Waals surface area (Å²) < 4.78 is 0. The van der Waals surface area contributed by atoms with Gasteiger partial charge in [-0.25, -0.2) is 4.79 Å². The summed E-state index contributed by atoms with van der Waals surface area (Å²) in [6.07, 6.45) is 2.32. The van der Waals surface area contributed by atoms with Crippen molar-refractivity contribution in [1.82, 2.24) is 5.32 Å². The van der Waals surface area contributed by atoms with Crippen LogP contribution in [-0.2, 0) is 9.59 Å². The molecule has 4 N–H and O–H groups in total. The number of hydrogen-bond donors (Lipinski definition) is 3. The van der Waals surface area contributed by atoms with Crippen molar-refractivity contribution in [3.63, 3.8) is 0 Å². The molecule has 0 rings (SSSR count). The fraction of sp³-hybridized carbons (Fsp3) is 0.818. The van der Waals surface area contributed by atoms with Crippen molar-refractivity contribution in [2.45, 2.75) is 45.6 Å². The molecule has 0 aliphatic heterocycles. The maximum absolute atomic E-state index is 11.5. The lowest BCUT2D eigenvalue weighted by atomic mass is 10.0. The summed E-state index contributed by atoms with van der Waals surface area (Å²) in [5, 5.41) is 11.4. The zero-order valence-electron chi connectivity index (χ0n) is 10.0. The van der Waals surface area contributed by atoms with E-state index in [0.29, 0.717) is 19.4 Å². The van der Waals surface area contributed by atoms with Gasteiger partial charge in [-0.05, 0) is 18.9 Å². The number of hydrogen-bond acceptors (Lipinski definition) is 3. The molecule has 0 heterocycles. The van der Waals surface area contributed by atoms with Gasteiger partial charge in [0.05, 0.1) is 0 Å². The highest BCUT2D eigenvalue weighted by Crippen LogP contribution is 2.06. The molecule has 0 saturated heterocycles. The minimum absolute atomic E-state index is 0.135. The highest BCUT2D eigenvalue weighted by atomic mass is 16.4. The molecule has 5 nitrogen and oxygen atoms in total. The second kappa shape index (κ2) is 8.10. The van der Waals surface area contributed by atoms with Gasteiger partial charge >= 0.3 is 5.97 Å². The number of carbonyl (C=O) groups excluding carboxylic acids is 1. The van der Waals surface area contributed by atoms with E-state index in [1.807, 2.05) is 13.8 Å². The number of rotatable bonds is 8. The molecule has 5 heteroatoms. The predicted octanol–water partition coefficient (Wildman–Crippen LogP) is 0.731. The van der Waals surface area contributed by atoms with Gasteiger partial charge < -0.3 is 16.2 Å². The number of nitrogens with two attached hydrogens (primary N) is 1. The zero-order chi connectivity index (χ0) is 12.6. The summed E-state index contributed by atoms with van der Waals surface area (Å²) in [6.45, 7) is 4.30. The molecule has 2 atom stereocenters. The van der Waals surface area contributed by atoms with E-state index in [4.69, 9.17) is 10.8 Å². The first-order valence-electron chi connectivity index (χ1n) is 5.77. The lowest BCUT2D eigenvalue weighted by Gasteiger charge is -2.16. The van der Waals surface area contributed by atoms with Crippen LogP contribution in [0.5, 0.6) is 0 Å². The second-order valence-corrected chi connectivity index (χ2v) is 3.96. The molecule has 0 fully saturated rings. The number of carboxylic acids is 1. The minimum Gasteiger partial charge on any atom is -0.480 e. The molecule has 16 heavy (non-hydrogen) atoms. The summed E-state index contributed by atoms with van der Waals surface area (Å²) in [5.41, 5.74) is 5.48. The van der Waals surface area contributed by atoms with Crippen molar-refractivity contribution in [3.8, 4) is 0 Å². The fourth-order valence-corrected chi connectivity index (χ4v) is 1.46. The van der Waals surface area contributed by atoms with E-state index in [0.717, 1.165) is 12.8 Å². The Kier molecular flexibility index (Phi) is 7.54. The van der Waals surface area contributed by atoms with Gasteiger partial charge in [0.25, 0.3) is 0 Å². The molecule has 1 amide bonds. The van der Waals surface area contributed by atoms with Crippen molar-refractivity contribution in [3.05, 3.63) is 0 Å². The molecule has 0 bridgehead atoms. The number of amides is 1. The molecule has 0 aromatic carbocycles. The quantitative estimate of drug-likeness (QED) is 0.573. The van der Waals surface area contributed by atoms with Gasteiger partial charge in [-0.3, -0.25) is 4.79 Å². The summed E-state index contributed by atoms with van der Waals surface area (Å²) in [7, 11) is 0. The van der Waals surface area contributed by atoms with Gasteiger partial charge in [-0.15, -0.1) is 0 Å². The molecule has 0 aliphatic carbocycles. The van der Waals surface area contributed by atoms with Gasteiger partial charge in [0, 0.05) is 6.42 Å². The first kappa shape index (κ1) is 14.9. The Morgan fingerprint density at radius 3 is 2.38 bits per heavy atom. The monoisotopic (exact) mass is 230 g/mol. The third-order valence-electron chi connectivity index (χ3n) is 2.60. The van der Waals surface area contributed by atoms with E-state index < -0.39 is 12.0 Å². The molecular formula is C11H22N2O3. The molecule has 2 unspecified atom stereocenters. The van der Waals surface area contributed by atoms with Crippen molar-refractivity contribution < 1.29 is 14.7 Å².